The van der Waals surface area contributed by atoms with E-state index in [9.17, 15) is 4.39 Å². The summed E-state index contributed by atoms with van der Waals surface area (Å²) in [5, 5.41) is 0. The lowest BCUT2D eigenvalue weighted by molar-refractivity contribution is 0.625. The van der Waals surface area contributed by atoms with Gasteiger partial charge in [-0.05, 0) is 47.9 Å². The summed E-state index contributed by atoms with van der Waals surface area (Å²) >= 11 is 5.86. The number of rotatable bonds is 4. The highest BCUT2D eigenvalue weighted by Gasteiger charge is 2.05. The topological polar surface area (TPSA) is 3.24 Å². The van der Waals surface area contributed by atoms with Crippen LogP contribution in [0.3, 0.4) is 0 Å². The maximum atomic E-state index is 13.1. The second-order valence-corrected chi connectivity index (χ2v) is 5.00. The number of alkyl halides is 1. The Hall–Kier alpha value is -1.54. The van der Waals surface area contributed by atoms with Crippen molar-refractivity contribution in [2.75, 3.05) is 11.9 Å². The average Bonchev–Trinajstić information content (AvgIpc) is 2.38. The molecule has 0 atom stereocenters. The van der Waals surface area contributed by atoms with E-state index in [0.717, 1.165) is 16.8 Å². The van der Waals surface area contributed by atoms with Gasteiger partial charge >= 0.3 is 0 Å². The first-order chi connectivity index (χ1) is 9.10. The molecular formula is C16H17ClFN. The van der Waals surface area contributed by atoms with Crippen molar-refractivity contribution >= 4 is 17.3 Å². The molecule has 2 rings (SSSR count). The molecule has 0 unspecified atom stereocenters. The summed E-state index contributed by atoms with van der Waals surface area (Å²) in [6.07, 6.45) is 0. The Morgan fingerprint density at radius 2 is 1.95 bits per heavy atom. The van der Waals surface area contributed by atoms with E-state index in [-0.39, 0.29) is 5.82 Å². The van der Waals surface area contributed by atoms with Crippen molar-refractivity contribution in [2.45, 2.75) is 19.3 Å². The van der Waals surface area contributed by atoms with Gasteiger partial charge in [-0.15, -0.1) is 11.6 Å². The second-order valence-electron chi connectivity index (χ2n) is 4.73. The molecule has 100 valence electrons. The van der Waals surface area contributed by atoms with Crippen molar-refractivity contribution in [3.63, 3.8) is 0 Å². The van der Waals surface area contributed by atoms with Crippen LogP contribution in [0.25, 0.3) is 0 Å². The first-order valence-corrected chi connectivity index (χ1v) is 6.74. The SMILES string of the molecule is Cc1cc(N(C)Cc2cccc(F)c2)ccc1CCl. The van der Waals surface area contributed by atoms with Crippen molar-refractivity contribution in [3.8, 4) is 0 Å². The van der Waals surface area contributed by atoms with Crippen LogP contribution in [0.1, 0.15) is 16.7 Å². The fourth-order valence-corrected chi connectivity index (χ4v) is 2.37. The van der Waals surface area contributed by atoms with Crippen LogP contribution in [-0.4, -0.2) is 7.05 Å². The van der Waals surface area contributed by atoms with E-state index in [1.807, 2.05) is 25.2 Å². The number of halogens is 2. The number of nitrogens with zero attached hydrogens (tertiary/aromatic N) is 1. The van der Waals surface area contributed by atoms with Crippen molar-refractivity contribution in [2.24, 2.45) is 0 Å². The highest BCUT2D eigenvalue weighted by molar-refractivity contribution is 6.17. The van der Waals surface area contributed by atoms with Crippen LogP contribution in [-0.2, 0) is 12.4 Å². The fourth-order valence-electron chi connectivity index (χ4n) is 2.07. The highest BCUT2D eigenvalue weighted by atomic mass is 35.5. The van der Waals surface area contributed by atoms with Crippen molar-refractivity contribution in [3.05, 3.63) is 65.0 Å². The average molecular weight is 278 g/mol. The van der Waals surface area contributed by atoms with Gasteiger partial charge in [-0.25, -0.2) is 4.39 Å². The lowest BCUT2D eigenvalue weighted by Crippen LogP contribution is -2.16. The number of hydrogen-bond donors (Lipinski definition) is 0. The fraction of sp³-hybridized carbons (Fsp3) is 0.250. The summed E-state index contributed by atoms with van der Waals surface area (Å²) < 4.78 is 13.1. The number of aryl methyl sites for hydroxylation is 1. The van der Waals surface area contributed by atoms with Gasteiger partial charge in [0.2, 0.25) is 0 Å². The van der Waals surface area contributed by atoms with Gasteiger partial charge in [-0.1, -0.05) is 18.2 Å². The quantitative estimate of drug-likeness (QED) is 0.743. The molecule has 0 aliphatic carbocycles. The van der Waals surface area contributed by atoms with Crippen molar-refractivity contribution < 1.29 is 4.39 Å². The van der Waals surface area contributed by atoms with Crippen LogP contribution >= 0.6 is 11.6 Å². The summed E-state index contributed by atoms with van der Waals surface area (Å²) in [6.45, 7) is 2.73. The van der Waals surface area contributed by atoms with E-state index in [2.05, 4.69) is 17.9 Å². The maximum Gasteiger partial charge on any atom is 0.123 e. The molecule has 0 saturated carbocycles. The smallest absolute Gasteiger partial charge is 0.123 e. The molecular weight excluding hydrogens is 261 g/mol. The van der Waals surface area contributed by atoms with Crippen LogP contribution in [0.2, 0.25) is 0 Å². The largest absolute Gasteiger partial charge is 0.370 e. The van der Waals surface area contributed by atoms with Gasteiger partial charge in [0.1, 0.15) is 5.82 Å². The molecule has 3 heteroatoms. The zero-order valence-electron chi connectivity index (χ0n) is 11.2. The third-order valence-corrected chi connectivity index (χ3v) is 3.51. The number of benzene rings is 2. The maximum absolute atomic E-state index is 13.1. The Morgan fingerprint density at radius 1 is 1.16 bits per heavy atom. The summed E-state index contributed by atoms with van der Waals surface area (Å²) in [6, 6.07) is 12.9. The van der Waals surface area contributed by atoms with Crippen LogP contribution in [0, 0.1) is 12.7 Å². The highest BCUT2D eigenvalue weighted by Crippen LogP contribution is 2.21. The van der Waals surface area contributed by atoms with Gasteiger partial charge in [0.15, 0.2) is 0 Å². The van der Waals surface area contributed by atoms with Crippen molar-refractivity contribution in [1.29, 1.82) is 0 Å². The molecule has 19 heavy (non-hydrogen) atoms. The van der Waals surface area contributed by atoms with Gasteiger partial charge < -0.3 is 4.90 Å². The molecule has 0 fully saturated rings. The van der Waals surface area contributed by atoms with Gasteiger partial charge in [0.25, 0.3) is 0 Å². The minimum Gasteiger partial charge on any atom is -0.370 e. The molecule has 0 amide bonds. The van der Waals surface area contributed by atoms with Crippen LogP contribution in [0.5, 0.6) is 0 Å². The number of anilines is 1. The molecule has 0 saturated heterocycles. The summed E-state index contributed by atoms with van der Waals surface area (Å²) in [5.74, 6) is 0.333. The molecule has 1 nitrogen and oxygen atoms in total. The Labute approximate surface area is 118 Å². The zero-order chi connectivity index (χ0) is 13.8. The minimum atomic E-state index is -0.195. The van der Waals surface area contributed by atoms with E-state index in [1.54, 1.807) is 12.1 Å². The zero-order valence-corrected chi connectivity index (χ0v) is 11.9. The second kappa shape index (κ2) is 6.07. The van der Waals surface area contributed by atoms with Crippen LogP contribution in [0.15, 0.2) is 42.5 Å². The molecule has 0 bridgehead atoms. The molecule has 0 heterocycles. The molecule has 0 aromatic heterocycles. The predicted molar refractivity (Wildman–Crippen MR) is 79.2 cm³/mol. The first kappa shape index (κ1) is 13.9. The Bertz CT molecular complexity index is 568. The van der Waals surface area contributed by atoms with Gasteiger partial charge in [-0.3, -0.25) is 0 Å². The first-order valence-electron chi connectivity index (χ1n) is 6.21. The van der Waals surface area contributed by atoms with Gasteiger partial charge in [-0.2, -0.15) is 0 Å². The third kappa shape index (κ3) is 3.48. The molecule has 0 aliphatic rings. The molecule has 0 N–H and O–H groups in total. The van der Waals surface area contributed by atoms with E-state index in [4.69, 9.17) is 11.6 Å². The third-order valence-electron chi connectivity index (χ3n) is 3.22. The standard InChI is InChI=1S/C16H17ClFN/c1-12-8-16(7-6-14(12)10-17)19(2)11-13-4-3-5-15(18)9-13/h3-9H,10-11H2,1-2H3. The molecule has 2 aromatic carbocycles. The Kier molecular flexibility index (Phi) is 4.43. The lowest BCUT2D eigenvalue weighted by Gasteiger charge is -2.20. The molecule has 2 aromatic rings. The normalized spacial score (nSPS) is 10.5. The monoisotopic (exact) mass is 277 g/mol. The Balaban J connectivity index is 2.15. The van der Waals surface area contributed by atoms with E-state index in [1.165, 1.54) is 11.6 Å². The Morgan fingerprint density at radius 3 is 2.58 bits per heavy atom. The molecule has 0 aliphatic heterocycles. The molecule has 0 spiro atoms. The summed E-state index contributed by atoms with van der Waals surface area (Å²) in [4.78, 5) is 2.10. The van der Waals surface area contributed by atoms with Crippen LogP contribution in [0.4, 0.5) is 10.1 Å². The lowest BCUT2D eigenvalue weighted by atomic mass is 10.1. The van der Waals surface area contributed by atoms with E-state index >= 15 is 0 Å². The van der Waals surface area contributed by atoms with E-state index in [0.29, 0.717) is 12.4 Å². The predicted octanol–water partition coefficient (Wildman–Crippen LogP) is 4.51. The number of hydrogen-bond acceptors (Lipinski definition) is 1. The minimum absolute atomic E-state index is 0.195. The van der Waals surface area contributed by atoms with Crippen LogP contribution < -0.4 is 4.90 Å². The van der Waals surface area contributed by atoms with Crippen molar-refractivity contribution in [1.82, 2.24) is 0 Å². The summed E-state index contributed by atoms with van der Waals surface area (Å²) in [5.41, 5.74) is 4.39. The molecule has 0 radical (unpaired) electrons. The summed E-state index contributed by atoms with van der Waals surface area (Å²) in [7, 11) is 2.00. The van der Waals surface area contributed by atoms with Gasteiger partial charge in [0, 0.05) is 25.2 Å². The van der Waals surface area contributed by atoms with Gasteiger partial charge in [0.05, 0.1) is 0 Å². The van der Waals surface area contributed by atoms with E-state index < -0.39 is 0 Å².